The van der Waals surface area contributed by atoms with Crippen LogP contribution in [0.15, 0.2) is 30.3 Å². The molecule has 0 aliphatic heterocycles. The lowest BCUT2D eigenvalue weighted by atomic mass is 10.0. The summed E-state index contributed by atoms with van der Waals surface area (Å²) in [6.45, 7) is 2.29. The Hall–Kier alpha value is -1.22. The first-order valence-electron chi connectivity index (χ1n) is 11.4. The molecule has 26 heavy (non-hydrogen) atoms. The Morgan fingerprint density at radius 2 is 1.00 bits per heavy atom. The third kappa shape index (κ3) is 15.1. The summed E-state index contributed by atoms with van der Waals surface area (Å²) < 4.78 is 0. The Morgan fingerprint density at radius 3 is 1.54 bits per heavy atom. The molecule has 1 aromatic rings. The molecule has 0 fully saturated rings. The van der Waals surface area contributed by atoms with Gasteiger partial charge in [0, 0.05) is 12.8 Å². The summed E-state index contributed by atoms with van der Waals surface area (Å²) in [5.74, 6) is 6.68. The molecule has 0 amide bonds. The lowest BCUT2D eigenvalue weighted by molar-refractivity contribution is 0.536. The first-order chi connectivity index (χ1) is 12.9. The average Bonchev–Trinajstić information content (AvgIpc) is 2.68. The molecule has 0 nitrogen and oxygen atoms in total. The zero-order valence-corrected chi connectivity index (χ0v) is 17.4. The van der Waals surface area contributed by atoms with E-state index in [1.807, 2.05) is 0 Å². The number of rotatable bonds is 16. The maximum Gasteiger partial charge on any atom is 0.0129 e. The molecule has 0 aliphatic carbocycles. The lowest BCUT2D eigenvalue weighted by Gasteiger charge is -2.02. The zero-order chi connectivity index (χ0) is 18.5. The minimum absolute atomic E-state index is 1.00. The second-order valence-electron chi connectivity index (χ2n) is 7.69. The Balaban J connectivity index is 1.75. The van der Waals surface area contributed by atoms with Gasteiger partial charge in [0.1, 0.15) is 0 Å². The molecule has 0 heteroatoms. The van der Waals surface area contributed by atoms with Crippen molar-refractivity contribution in [2.75, 3.05) is 0 Å². The quantitative estimate of drug-likeness (QED) is 0.206. The van der Waals surface area contributed by atoms with Crippen molar-refractivity contribution in [1.82, 2.24) is 0 Å². The van der Waals surface area contributed by atoms with E-state index >= 15 is 0 Å². The predicted octanol–water partition coefficient (Wildman–Crippen LogP) is 8.49. The number of aryl methyl sites for hydroxylation is 1. The van der Waals surface area contributed by atoms with Crippen LogP contribution < -0.4 is 0 Å². The normalized spacial score (nSPS) is 10.5. The standard InChI is InChI=1S/C26H42/c1-2-3-4-5-6-7-8-9-10-11-12-13-14-15-16-17-18-20-23-26-24-21-19-22-25-26/h19,21-22,24-25H,2-16,20,23H2,1H3. The molecule has 0 N–H and O–H groups in total. The van der Waals surface area contributed by atoms with Gasteiger partial charge in [0.2, 0.25) is 0 Å². The van der Waals surface area contributed by atoms with Gasteiger partial charge in [-0.25, -0.2) is 0 Å². The van der Waals surface area contributed by atoms with E-state index in [9.17, 15) is 0 Å². The van der Waals surface area contributed by atoms with E-state index in [1.165, 1.54) is 95.5 Å². The largest absolute Gasteiger partial charge is 0.103 e. The molecule has 0 saturated carbocycles. The maximum atomic E-state index is 3.35. The molecule has 0 spiro atoms. The van der Waals surface area contributed by atoms with Gasteiger partial charge in [-0.05, 0) is 18.4 Å². The van der Waals surface area contributed by atoms with Crippen LogP contribution in [0.3, 0.4) is 0 Å². The SMILES string of the molecule is CCCCCCCCCCCCCCCCC#CCCc1ccccc1. The molecular formula is C26H42. The Labute approximate surface area is 164 Å². The summed E-state index contributed by atoms with van der Waals surface area (Å²) in [4.78, 5) is 0. The number of benzene rings is 1. The Bertz CT molecular complexity index is 448. The fourth-order valence-corrected chi connectivity index (χ4v) is 3.44. The molecule has 0 atom stereocenters. The summed E-state index contributed by atoms with van der Waals surface area (Å²) in [5, 5.41) is 0. The van der Waals surface area contributed by atoms with Gasteiger partial charge in [0.25, 0.3) is 0 Å². The van der Waals surface area contributed by atoms with Gasteiger partial charge < -0.3 is 0 Å². The average molecular weight is 355 g/mol. The van der Waals surface area contributed by atoms with Crippen LogP contribution in [0.2, 0.25) is 0 Å². The summed E-state index contributed by atoms with van der Waals surface area (Å²) in [6, 6.07) is 10.7. The van der Waals surface area contributed by atoms with Crippen LogP contribution in [0.5, 0.6) is 0 Å². The summed E-state index contributed by atoms with van der Waals surface area (Å²) in [6.07, 6.45) is 23.1. The van der Waals surface area contributed by atoms with Gasteiger partial charge in [0.05, 0.1) is 0 Å². The van der Waals surface area contributed by atoms with Crippen LogP contribution in [0.4, 0.5) is 0 Å². The van der Waals surface area contributed by atoms with Gasteiger partial charge in [0.15, 0.2) is 0 Å². The minimum atomic E-state index is 1.00. The summed E-state index contributed by atoms with van der Waals surface area (Å²) in [7, 11) is 0. The van der Waals surface area contributed by atoms with E-state index in [4.69, 9.17) is 0 Å². The van der Waals surface area contributed by atoms with E-state index in [-0.39, 0.29) is 0 Å². The zero-order valence-electron chi connectivity index (χ0n) is 17.4. The van der Waals surface area contributed by atoms with E-state index in [2.05, 4.69) is 49.1 Å². The van der Waals surface area contributed by atoms with Gasteiger partial charge in [-0.15, -0.1) is 11.8 Å². The molecule has 0 bridgehead atoms. The molecule has 146 valence electrons. The van der Waals surface area contributed by atoms with Crippen molar-refractivity contribution in [3.63, 3.8) is 0 Å². The van der Waals surface area contributed by atoms with Gasteiger partial charge in [-0.1, -0.05) is 121 Å². The van der Waals surface area contributed by atoms with E-state index < -0.39 is 0 Å². The molecule has 0 aromatic heterocycles. The second-order valence-corrected chi connectivity index (χ2v) is 7.69. The van der Waals surface area contributed by atoms with E-state index in [0.29, 0.717) is 0 Å². The summed E-state index contributed by atoms with van der Waals surface area (Å²) in [5.41, 5.74) is 1.40. The highest BCUT2D eigenvalue weighted by molar-refractivity contribution is 5.16. The van der Waals surface area contributed by atoms with Crippen LogP contribution in [0.1, 0.15) is 115 Å². The fraction of sp³-hybridized carbons (Fsp3) is 0.692. The smallest absolute Gasteiger partial charge is 0.0129 e. The molecule has 0 radical (unpaired) electrons. The van der Waals surface area contributed by atoms with Gasteiger partial charge in [-0.3, -0.25) is 0 Å². The first-order valence-corrected chi connectivity index (χ1v) is 11.4. The van der Waals surface area contributed by atoms with Crippen LogP contribution in [-0.4, -0.2) is 0 Å². The van der Waals surface area contributed by atoms with Crippen molar-refractivity contribution >= 4 is 0 Å². The van der Waals surface area contributed by atoms with Crippen molar-refractivity contribution in [1.29, 1.82) is 0 Å². The highest BCUT2D eigenvalue weighted by Crippen LogP contribution is 2.13. The summed E-state index contributed by atoms with van der Waals surface area (Å²) >= 11 is 0. The Morgan fingerprint density at radius 1 is 0.538 bits per heavy atom. The monoisotopic (exact) mass is 354 g/mol. The molecule has 0 aliphatic rings. The van der Waals surface area contributed by atoms with E-state index in [0.717, 1.165) is 19.3 Å². The van der Waals surface area contributed by atoms with Crippen LogP contribution >= 0.6 is 0 Å². The van der Waals surface area contributed by atoms with Crippen molar-refractivity contribution in [3.8, 4) is 11.8 Å². The maximum absolute atomic E-state index is 3.35. The van der Waals surface area contributed by atoms with Crippen molar-refractivity contribution in [2.45, 2.75) is 116 Å². The lowest BCUT2D eigenvalue weighted by Crippen LogP contribution is -1.83. The number of unbranched alkanes of at least 4 members (excludes halogenated alkanes) is 14. The number of hydrogen-bond acceptors (Lipinski definition) is 0. The van der Waals surface area contributed by atoms with Crippen LogP contribution in [-0.2, 0) is 6.42 Å². The molecule has 0 heterocycles. The number of hydrogen-bond donors (Lipinski definition) is 0. The highest BCUT2D eigenvalue weighted by atomic mass is 14.0. The van der Waals surface area contributed by atoms with Crippen molar-refractivity contribution < 1.29 is 0 Å². The molecule has 1 aromatic carbocycles. The molecular weight excluding hydrogens is 312 g/mol. The third-order valence-corrected chi connectivity index (χ3v) is 5.16. The van der Waals surface area contributed by atoms with Crippen LogP contribution in [0, 0.1) is 11.8 Å². The van der Waals surface area contributed by atoms with E-state index in [1.54, 1.807) is 0 Å². The first kappa shape index (κ1) is 22.8. The van der Waals surface area contributed by atoms with Gasteiger partial charge in [-0.2, -0.15) is 0 Å². The predicted molar refractivity (Wildman–Crippen MR) is 117 cm³/mol. The van der Waals surface area contributed by atoms with Gasteiger partial charge >= 0.3 is 0 Å². The highest BCUT2D eigenvalue weighted by Gasteiger charge is 1.94. The third-order valence-electron chi connectivity index (χ3n) is 5.16. The van der Waals surface area contributed by atoms with Crippen molar-refractivity contribution in [3.05, 3.63) is 35.9 Å². The minimum Gasteiger partial charge on any atom is -0.103 e. The van der Waals surface area contributed by atoms with Crippen molar-refractivity contribution in [2.24, 2.45) is 0 Å². The fourth-order valence-electron chi connectivity index (χ4n) is 3.44. The molecule has 0 saturated heterocycles. The van der Waals surface area contributed by atoms with Crippen LogP contribution in [0.25, 0.3) is 0 Å². The molecule has 1 rings (SSSR count). The molecule has 0 unspecified atom stereocenters. The second kappa shape index (κ2) is 18.6. The Kier molecular flexibility index (Phi) is 16.3. The topological polar surface area (TPSA) is 0 Å².